The number of amides is 2. The zero-order valence-electron chi connectivity index (χ0n) is 19.1. The van der Waals surface area contributed by atoms with Gasteiger partial charge >= 0.3 is 5.97 Å². The molecule has 11 nitrogen and oxygen atoms in total. The van der Waals surface area contributed by atoms with Gasteiger partial charge in [-0.25, -0.2) is 17.9 Å². The molecule has 2 aliphatic rings. The van der Waals surface area contributed by atoms with Gasteiger partial charge in [-0.3, -0.25) is 23.5 Å². The number of hydrogen-bond donors (Lipinski definition) is 4. The molecule has 2 aliphatic heterocycles. The number of ether oxygens (including phenoxy) is 2. The lowest BCUT2D eigenvalue weighted by atomic mass is 10.1. The van der Waals surface area contributed by atoms with Crippen LogP contribution in [0.15, 0.2) is 23.2 Å². The van der Waals surface area contributed by atoms with Crippen LogP contribution in [0.25, 0.3) is 0 Å². The van der Waals surface area contributed by atoms with Crippen molar-refractivity contribution in [2.75, 3.05) is 31.6 Å². The molecule has 0 bridgehead atoms. The Labute approximate surface area is 204 Å². The first kappa shape index (κ1) is 25.8. The molecule has 0 radical (unpaired) electrons. The number of carbonyl (C=O) groups is 3. The van der Waals surface area contributed by atoms with Gasteiger partial charge in [0.25, 0.3) is 11.8 Å². The van der Waals surface area contributed by atoms with Gasteiger partial charge in [-0.1, -0.05) is 0 Å². The first-order valence-corrected chi connectivity index (χ1v) is 12.2. The number of fused-ring (bicyclic) bond motifs is 2. The molecule has 1 aromatic carbocycles. The third-order valence-electron chi connectivity index (χ3n) is 5.82. The first-order valence-electron chi connectivity index (χ1n) is 10.6. The molecule has 2 unspecified atom stereocenters. The van der Waals surface area contributed by atoms with E-state index >= 15 is 0 Å². The molecule has 0 aliphatic carbocycles. The van der Waals surface area contributed by atoms with Gasteiger partial charge in [0, 0.05) is 57.0 Å². The van der Waals surface area contributed by atoms with Gasteiger partial charge < -0.3 is 24.3 Å². The highest BCUT2D eigenvalue weighted by molar-refractivity contribution is 8.22. The lowest BCUT2D eigenvalue weighted by Gasteiger charge is -2.38. The van der Waals surface area contributed by atoms with E-state index in [0.717, 1.165) is 0 Å². The highest BCUT2D eigenvalue weighted by Gasteiger charge is 2.42. The van der Waals surface area contributed by atoms with Crippen molar-refractivity contribution >= 4 is 34.2 Å². The lowest BCUT2D eigenvalue weighted by molar-refractivity contribution is -0.149. The van der Waals surface area contributed by atoms with Gasteiger partial charge in [0.1, 0.15) is 4.90 Å². The number of likely N-dealkylation sites (tertiary alicyclic amines) is 1. The van der Waals surface area contributed by atoms with Crippen LogP contribution in [0.4, 0.5) is 18.9 Å². The molecule has 15 heteroatoms. The summed E-state index contributed by atoms with van der Waals surface area (Å²) in [6.45, 7) is 0.944. The number of hydrogen-bond acceptors (Lipinski definition) is 8. The highest BCUT2D eigenvalue weighted by Crippen LogP contribution is 2.53. The Morgan fingerprint density at radius 2 is 1.89 bits per heavy atom. The van der Waals surface area contributed by atoms with Crippen molar-refractivity contribution < 1.29 is 46.1 Å². The number of carbonyl (C=O) groups excluding carboxylic acids is 3. The van der Waals surface area contributed by atoms with Crippen LogP contribution in [0, 0.1) is 23.4 Å². The van der Waals surface area contributed by atoms with Crippen molar-refractivity contribution in [3.05, 3.63) is 41.5 Å². The number of aryl methyl sites for hydroxylation is 1. The summed E-state index contributed by atoms with van der Waals surface area (Å²) in [5, 5.41) is 2.24. The summed E-state index contributed by atoms with van der Waals surface area (Å²) >= 11 is 0. The molecule has 2 atom stereocenters. The molecule has 1 fully saturated rings. The number of aromatic nitrogens is 1. The van der Waals surface area contributed by atoms with Crippen LogP contribution < -0.4 is 14.8 Å². The van der Waals surface area contributed by atoms with Crippen LogP contribution in [0.2, 0.25) is 0 Å². The number of anilines is 1. The van der Waals surface area contributed by atoms with E-state index in [0.29, 0.717) is 12.1 Å². The molecular formula is C21H23F3N4O7S. The predicted octanol–water partition coefficient (Wildman–Crippen LogP) is 2.09. The molecule has 0 spiro atoms. The molecule has 196 valence electrons. The molecule has 2 aromatic rings. The van der Waals surface area contributed by atoms with E-state index in [1.807, 2.05) is 0 Å². The standard InChI is InChI=1S/C21H23F3N4O7S/c1-10(29)34-9-17(30)28-5-11-8-35-20-16(36(32,33)26-15(11)6-28)7-27(2)19(20)21(31)25-12-3-13(22)18(24)14(23)4-12/h3-4,7,11,15,26,32-33H,5-6,8-9H2,1-2H3,(H,25,31). The van der Waals surface area contributed by atoms with Crippen molar-refractivity contribution in [2.45, 2.75) is 17.9 Å². The van der Waals surface area contributed by atoms with E-state index in [9.17, 15) is 36.7 Å². The Morgan fingerprint density at radius 1 is 1.22 bits per heavy atom. The zero-order valence-corrected chi connectivity index (χ0v) is 19.9. The average Bonchev–Trinajstić information content (AvgIpc) is 3.33. The summed E-state index contributed by atoms with van der Waals surface area (Å²) in [6.07, 6.45) is 1.26. The molecule has 4 N–H and O–H groups in total. The topological polar surface area (TPSA) is 142 Å². The van der Waals surface area contributed by atoms with Crippen molar-refractivity contribution in [2.24, 2.45) is 13.0 Å². The van der Waals surface area contributed by atoms with E-state index in [2.05, 4.69) is 10.0 Å². The molecular weight excluding hydrogens is 509 g/mol. The van der Waals surface area contributed by atoms with Crippen LogP contribution in [-0.4, -0.2) is 68.7 Å². The van der Waals surface area contributed by atoms with Crippen LogP contribution in [0.3, 0.4) is 0 Å². The fraction of sp³-hybridized carbons (Fsp3) is 0.381. The smallest absolute Gasteiger partial charge is 0.303 e. The molecule has 0 saturated carbocycles. The first-order chi connectivity index (χ1) is 16.9. The summed E-state index contributed by atoms with van der Waals surface area (Å²) in [4.78, 5) is 37.6. The second kappa shape index (κ2) is 9.65. The van der Waals surface area contributed by atoms with Gasteiger partial charge in [-0.15, -0.1) is 10.8 Å². The summed E-state index contributed by atoms with van der Waals surface area (Å²) in [6, 6.07) is 0.625. The lowest BCUT2D eigenvalue weighted by Crippen LogP contribution is -2.42. The largest absolute Gasteiger partial charge is 0.489 e. The van der Waals surface area contributed by atoms with E-state index in [4.69, 9.17) is 9.47 Å². The fourth-order valence-electron chi connectivity index (χ4n) is 4.10. The zero-order chi connectivity index (χ0) is 26.4. The van der Waals surface area contributed by atoms with E-state index < -0.39 is 64.6 Å². The number of nitrogens with one attached hydrogen (secondary N) is 2. The quantitative estimate of drug-likeness (QED) is 0.347. The fourth-order valence-corrected chi connectivity index (χ4v) is 5.63. The minimum Gasteiger partial charge on any atom is -0.489 e. The summed E-state index contributed by atoms with van der Waals surface area (Å²) in [5.41, 5.74) is -0.545. The normalized spacial score (nSPS) is 21.4. The van der Waals surface area contributed by atoms with Crippen LogP contribution in [-0.2, 0) is 21.4 Å². The number of benzene rings is 1. The van der Waals surface area contributed by atoms with Crippen molar-refractivity contribution in [1.29, 1.82) is 0 Å². The van der Waals surface area contributed by atoms with Crippen molar-refractivity contribution in [3.63, 3.8) is 0 Å². The second-order valence-corrected chi connectivity index (χ2v) is 10.2. The van der Waals surface area contributed by atoms with Crippen molar-refractivity contribution in [1.82, 2.24) is 14.2 Å². The van der Waals surface area contributed by atoms with Crippen LogP contribution in [0.1, 0.15) is 17.4 Å². The predicted molar refractivity (Wildman–Crippen MR) is 120 cm³/mol. The maximum Gasteiger partial charge on any atom is 0.303 e. The Morgan fingerprint density at radius 3 is 2.53 bits per heavy atom. The Balaban J connectivity index is 1.57. The molecule has 1 saturated heterocycles. The van der Waals surface area contributed by atoms with Crippen LogP contribution >= 0.6 is 10.8 Å². The number of esters is 1. The maximum atomic E-state index is 13.6. The van der Waals surface area contributed by atoms with Gasteiger partial charge in [0.2, 0.25) is 0 Å². The van der Waals surface area contributed by atoms with Crippen LogP contribution in [0.5, 0.6) is 5.75 Å². The highest BCUT2D eigenvalue weighted by atomic mass is 32.3. The Bertz CT molecular complexity index is 1220. The van der Waals surface area contributed by atoms with E-state index in [-0.39, 0.29) is 41.7 Å². The minimum absolute atomic E-state index is 0.0262. The van der Waals surface area contributed by atoms with Gasteiger partial charge in [-0.05, 0) is 0 Å². The van der Waals surface area contributed by atoms with E-state index in [1.165, 1.54) is 29.6 Å². The molecule has 2 amide bonds. The number of rotatable bonds is 4. The Hall–Kier alpha value is -3.27. The maximum absolute atomic E-state index is 13.6. The van der Waals surface area contributed by atoms with Gasteiger partial charge in [0.05, 0.1) is 12.6 Å². The number of nitrogens with zero attached hydrogens (tertiary/aromatic N) is 2. The monoisotopic (exact) mass is 532 g/mol. The third-order valence-corrected chi connectivity index (χ3v) is 7.35. The van der Waals surface area contributed by atoms with E-state index in [1.54, 1.807) is 0 Å². The van der Waals surface area contributed by atoms with Gasteiger partial charge in [-0.2, -0.15) is 0 Å². The summed E-state index contributed by atoms with van der Waals surface area (Å²) < 4.78 is 76.7. The second-order valence-electron chi connectivity index (χ2n) is 8.41. The SMILES string of the molecule is CC(=O)OCC(=O)N1CC2COc3c(cn(C)c3C(=O)Nc3cc(F)c(F)c(F)c3)S(O)(O)NC2C1. The average molecular weight is 532 g/mol. The molecule has 4 rings (SSSR count). The third kappa shape index (κ3) is 5.00. The molecule has 3 heterocycles. The molecule has 1 aromatic heterocycles. The Kier molecular flexibility index (Phi) is 6.92. The molecule has 36 heavy (non-hydrogen) atoms. The summed E-state index contributed by atoms with van der Waals surface area (Å²) in [7, 11) is -2.30. The summed E-state index contributed by atoms with van der Waals surface area (Å²) in [5.74, 6) is -7.25. The minimum atomic E-state index is -3.73. The van der Waals surface area contributed by atoms with Crippen molar-refractivity contribution in [3.8, 4) is 5.75 Å². The van der Waals surface area contributed by atoms with Gasteiger partial charge in [0.15, 0.2) is 35.5 Å². The number of halogens is 3.